The third-order valence-corrected chi connectivity index (χ3v) is 3.24. The zero-order valence-corrected chi connectivity index (χ0v) is 9.86. The van der Waals surface area contributed by atoms with Gasteiger partial charge in [0.25, 0.3) is 0 Å². The van der Waals surface area contributed by atoms with Gasteiger partial charge in [-0.25, -0.2) is 0 Å². The van der Waals surface area contributed by atoms with Crippen LogP contribution in [0.5, 0.6) is 0 Å². The van der Waals surface area contributed by atoms with Gasteiger partial charge in [0.05, 0.1) is 0 Å². The van der Waals surface area contributed by atoms with Crippen molar-refractivity contribution in [2.75, 3.05) is 19.6 Å². The molecule has 0 amide bonds. The van der Waals surface area contributed by atoms with Gasteiger partial charge in [-0.05, 0) is 25.9 Å². The van der Waals surface area contributed by atoms with Crippen molar-refractivity contribution in [1.82, 2.24) is 4.90 Å². The molecule has 1 aliphatic rings. The first kappa shape index (κ1) is 11.3. The van der Waals surface area contributed by atoms with Gasteiger partial charge in [0.2, 0.25) is 0 Å². The van der Waals surface area contributed by atoms with Crippen LogP contribution in [0.25, 0.3) is 0 Å². The Labute approximate surface area is 97.3 Å². The van der Waals surface area contributed by atoms with E-state index in [2.05, 4.69) is 4.90 Å². The van der Waals surface area contributed by atoms with Crippen LogP contribution >= 0.6 is 0 Å². The van der Waals surface area contributed by atoms with E-state index in [0.717, 1.165) is 25.2 Å². The Kier molecular flexibility index (Phi) is 3.73. The molecule has 0 spiro atoms. The summed E-state index contributed by atoms with van der Waals surface area (Å²) in [5.74, 6) is 0.382. The summed E-state index contributed by atoms with van der Waals surface area (Å²) >= 11 is 0. The maximum absolute atomic E-state index is 12.1. The Morgan fingerprint density at radius 1 is 1.25 bits per heavy atom. The molecule has 2 heteroatoms. The van der Waals surface area contributed by atoms with Crippen molar-refractivity contribution in [2.24, 2.45) is 5.92 Å². The molecule has 0 bridgehead atoms. The highest BCUT2D eigenvalue weighted by atomic mass is 16.1. The van der Waals surface area contributed by atoms with E-state index in [9.17, 15) is 4.79 Å². The topological polar surface area (TPSA) is 20.3 Å². The van der Waals surface area contributed by atoms with Crippen molar-refractivity contribution >= 4 is 5.78 Å². The maximum Gasteiger partial charge on any atom is 0.166 e. The van der Waals surface area contributed by atoms with Crippen molar-refractivity contribution in [1.29, 1.82) is 0 Å². The second kappa shape index (κ2) is 5.26. The van der Waals surface area contributed by atoms with Gasteiger partial charge in [-0.1, -0.05) is 37.3 Å². The summed E-state index contributed by atoms with van der Waals surface area (Å²) in [7, 11) is 0. The number of likely N-dealkylation sites (tertiary alicyclic amines) is 1. The number of rotatable bonds is 4. The van der Waals surface area contributed by atoms with Crippen molar-refractivity contribution in [3.05, 3.63) is 35.9 Å². The number of carbonyl (C=O) groups excluding carboxylic acids is 1. The fourth-order valence-corrected chi connectivity index (χ4v) is 2.32. The number of carbonyl (C=O) groups is 1. The first-order valence-corrected chi connectivity index (χ1v) is 6.09. The largest absolute Gasteiger partial charge is 0.303 e. The lowest BCUT2D eigenvalue weighted by Crippen LogP contribution is -2.29. The Bertz CT molecular complexity index is 341. The zero-order valence-electron chi connectivity index (χ0n) is 9.86. The standard InChI is InChI=1S/C14H19NO/c1-12(11-15-9-5-6-10-15)14(16)13-7-3-2-4-8-13/h2-4,7-8,12H,5-6,9-11H2,1H3/t12-/m1/s1. The molecule has 1 saturated heterocycles. The highest BCUT2D eigenvalue weighted by Gasteiger charge is 2.20. The molecule has 1 heterocycles. The van der Waals surface area contributed by atoms with Gasteiger partial charge in [0.15, 0.2) is 5.78 Å². The van der Waals surface area contributed by atoms with Crippen LogP contribution in [-0.2, 0) is 0 Å². The van der Waals surface area contributed by atoms with Gasteiger partial charge in [-0.15, -0.1) is 0 Å². The molecular weight excluding hydrogens is 198 g/mol. The number of Topliss-reactive ketones (excluding diaryl/α,β-unsaturated/α-hetero) is 1. The van der Waals surface area contributed by atoms with Crippen molar-refractivity contribution in [2.45, 2.75) is 19.8 Å². The fourth-order valence-electron chi connectivity index (χ4n) is 2.32. The molecule has 0 saturated carbocycles. The van der Waals surface area contributed by atoms with Crippen LogP contribution in [-0.4, -0.2) is 30.3 Å². The lowest BCUT2D eigenvalue weighted by molar-refractivity contribution is 0.0903. The van der Waals surface area contributed by atoms with Gasteiger partial charge in [-0.3, -0.25) is 4.79 Å². The van der Waals surface area contributed by atoms with Crippen LogP contribution in [0, 0.1) is 5.92 Å². The molecule has 1 aliphatic heterocycles. The molecule has 1 atom stereocenters. The summed E-state index contributed by atoms with van der Waals surface area (Å²) in [5.41, 5.74) is 0.842. The van der Waals surface area contributed by atoms with Gasteiger partial charge in [0, 0.05) is 18.0 Å². The molecule has 0 aromatic heterocycles. The second-order valence-corrected chi connectivity index (χ2v) is 4.64. The number of hydrogen-bond acceptors (Lipinski definition) is 2. The van der Waals surface area contributed by atoms with Gasteiger partial charge < -0.3 is 4.90 Å². The monoisotopic (exact) mass is 217 g/mol. The SMILES string of the molecule is C[C@H](CN1CCCC1)C(=O)c1ccccc1. The predicted molar refractivity (Wildman–Crippen MR) is 65.6 cm³/mol. The highest BCUT2D eigenvalue weighted by Crippen LogP contribution is 2.14. The van der Waals surface area contributed by atoms with Crippen molar-refractivity contribution in [3.8, 4) is 0 Å². The molecule has 1 aromatic carbocycles. The lowest BCUT2D eigenvalue weighted by atomic mass is 9.99. The van der Waals surface area contributed by atoms with Crippen molar-refractivity contribution < 1.29 is 4.79 Å². The summed E-state index contributed by atoms with van der Waals surface area (Å²) in [6.07, 6.45) is 2.57. The quantitative estimate of drug-likeness (QED) is 0.722. The number of hydrogen-bond donors (Lipinski definition) is 0. The molecule has 2 rings (SSSR count). The van der Waals surface area contributed by atoms with Crippen molar-refractivity contribution in [3.63, 3.8) is 0 Å². The number of nitrogens with zero attached hydrogens (tertiary/aromatic N) is 1. The minimum absolute atomic E-state index is 0.112. The number of ketones is 1. The van der Waals surface area contributed by atoms with E-state index in [4.69, 9.17) is 0 Å². The van der Waals surface area contributed by atoms with Crippen LogP contribution in [0.15, 0.2) is 30.3 Å². The minimum atomic E-state index is 0.112. The van der Waals surface area contributed by atoms with E-state index >= 15 is 0 Å². The third-order valence-electron chi connectivity index (χ3n) is 3.24. The summed E-state index contributed by atoms with van der Waals surface area (Å²) in [5, 5.41) is 0. The van der Waals surface area contributed by atoms with E-state index < -0.39 is 0 Å². The van der Waals surface area contributed by atoms with Crippen LogP contribution in [0.4, 0.5) is 0 Å². The Morgan fingerprint density at radius 3 is 2.50 bits per heavy atom. The Morgan fingerprint density at radius 2 is 1.88 bits per heavy atom. The summed E-state index contributed by atoms with van der Waals surface area (Å²) in [6, 6.07) is 9.61. The molecule has 0 aliphatic carbocycles. The fraction of sp³-hybridized carbons (Fsp3) is 0.500. The Hall–Kier alpha value is -1.15. The molecule has 1 fully saturated rings. The number of benzene rings is 1. The van der Waals surface area contributed by atoms with Crippen LogP contribution in [0.1, 0.15) is 30.1 Å². The van der Waals surface area contributed by atoms with E-state index in [1.807, 2.05) is 37.3 Å². The summed E-state index contributed by atoms with van der Waals surface area (Å²) in [6.45, 7) is 5.26. The van der Waals surface area contributed by atoms with Gasteiger partial charge in [-0.2, -0.15) is 0 Å². The van der Waals surface area contributed by atoms with Gasteiger partial charge in [0.1, 0.15) is 0 Å². The smallest absolute Gasteiger partial charge is 0.166 e. The van der Waals surface area contributed by atoms with E-state index in [-0.39, 0.29) is 11.7 Å². The van der Waals surface area contributed by atoms with Crippen LogP contribution in [0.3, 0.4) is 0 Å². The second-order valence-electron chi connectivity index (χ2n) is 4.64. The van der Waals surface area contributed by atoms with E-state index in [1.165, 1.54) is 12.8 Å². The molecule has 0 unspecified atom stereocenters. The van der Waals surface area contributed by atoms with Crippen LogP contribution in [0.2, 0.25) is 0 Å². The molecule has 0 N–H and O–H groups in total. The lowest BCUT2D eigenvalue weighted by Gasteiger charge is -2.19. The maximum atomic E-state index is 12.1. The van der Waals surface area contributed by atoms with Gasteiger partial charge >= 0.3 is 0 Å². The normalized spacial score (nSPS) is 18.6. The molecule has 0 radical (unpaired) electrons. The zero-order chi connectivity index (χ0) is 11.4. The highest BCUT2D eigenvalue weighted by molar-refractivity contribution is 5.97. The third kappa shape index (κ3) is 2.70. The minimum Gasteiger partial charge on any atom is -0.303 e. The Balaban J connectivity index is 1.94. The average molecular weight is 217 g/mol. The van der Waals surface area contributed by atoms with E-state index in [0.29, 0.717) is 0 Å². The first-order valence-electron chi connectivity index (χ1n) is 6.09. The molecule has 2 nitrogen and oxygen atoms in total. The molecule has 86 valence electrons. The molecular formula is C14H19NO. The summed E-state index contributed by atoms with van der Waals surface area (Å²) < 4.78 is 0. The summed E-state index contributed by atoms with van der Waals surface area (Å²) in [4.78, 5) is 14.5. The average Bonchev–Trinajstić information content (AvgIpc) is 2.82. The molecule has 16 heavy (non-hydrogen) atoms. The predicted octanol–water partition coefficient (Wildman–Crippen LogP) is 2.60. The van der Waals surface area contributed by atoms with Crippen LogP contribution < -0.4 is 0 Å². The molecule has 1 aromatic rings. The first-order chi connectivity index (χ1) is 7.77. The van der Waals surface area contributed by atoms with E-state index in [1.54, 1.807) is 0 Å².